The van der Waals surface area contributed by atoms with E-state index in [2.05, 4.69) is 110 Å². The average Bonchev–Trinajstić information content (AvgIpc) is 3.00. The maximum absolute atomic E-state index is 12.8. The summed E-state index contributed by atoms with van der Waals surface area (Å²) in [5.74, 6) is -0.341. The number of carbonyl (C=O) groups excluding carboxylic acids is 1. The molecule has 40 heavy (non-hydrogen) atoms. The van der Waals surface area contributed by atoms with Gasteiger partial charge in [-0.1, -0.05) is 115 Å². The maximum Gasteiger partial charge on any atom is 0.338 e. The molecular weight excluding hydrogens is 529 g/mol. The molecule has 0 radical (unpaired) electrons. The fourth-order valence-corrected chi connectivity index (χ4v) is 6.52. The molecule has 4 heteroatoms. The minimum atomic E-state index is -0.341. The van der Waals surface area contributed by atoms with Gasteiger partial charge in [-0.05, 0) is 75.6 Å². The summed E-state index contributed by atoms with van der Waals surface area (Å²) >= 11 is 3.43. The van der Waals surface area contributed by atoms with E-state index in [4.69, 9.17) is 4.74 Å². The molecule has 2 nitrogen and oxygen atoms in total. The van der Waals surface area contributed by atoms with Gasteiger partial charge in [-0.2, -0.15) is 0 Å². The lowest BCUT2D eigenvalue weighted by Gasteiger charge is -2.13. The van der Waals surface area contributed by atoms with Crippen LogP contribution in [-0.4, -0.2) is 5.97 Å². The molecule has 0 atom stereocenters. The third-order valence-corrected chi connectivity index (χ3v) is 8.75. The first-order chi connectivity index (χ1) is 19.6. The Kier molecular flexibility index (Phi) is 7.71. The fraction of sp³-hybridized carbons (Fsp3) is 0.0278. The van der Waals surface area contributed by atoms with Crippen molar-refractivity contribution < 1.29 is 9.53 Å². The minimum absolute atomic E-state index is 0.193. The van der Waals surface area contributed by atoms with Crippen LogP contribution in [0.1, 0.15) is 21.5 Å². The minimum Gasteiger partial charge on any atom is -0.457 e. The highest BCUT2D eigenvalue weighted by Gasteiger charge is 2.13. The molecule has 0 aromatic heterocycles. The summed E-state index contributed by atoms with van der Waals surface area (Å²) in [5, 5.41) is 4.87. The molecule has 0 saturated carbocycles. The van der Waals surface area contributed by atoms with Crippen molar-refractivity contribution in [2.75, 3.05) is 0 Å². The predicted molar refractivity (Wildman–Crippen MR) is 168 cm³/mol. The lowest BCUT2D eigenvalue weighted by atomic mass is 10.1. The molecule has 0 aliphatic heterocycles. The van der Waals surface area contributed by atoms with E-state index in [0.29, 0.717) is 5.56 Å². The highest BCUT2D eigenvalue weighted by molar-refractivity contribution is 8.00. The van der Waals surface area contributed by atoms with Crippen LogP contribution >= 0.6 is 23.5 Å². The van der Waals surface area contributed by atoms with Crippen molar-refractivity contribution >= 4 is 57.1 Å². The molecule has 0 aliphatic carbocycles. The van der Waals surface area contributed by atoms with E-state index in [1.807, 2.05) is 12.1 Å². The van der Waals surface area contributed by atoms with Crippen LogP contribution in [0.25, 0.3) is 27.6 Å². The molecule has 0 spiro atoms. The van der Waals surface area contributed by atoms with Crippen molar-refractivity contribution in [1.29, 1.82) is 0 Å². The van der Waals surface area contributed by atoms with Gasteiger partial charge < -0.3 is 4.74 Å². The molecule has 0 bridgehead atoms. The van der Waals surface area contributed by atoms with Crippen molar-refractivity contribution in [3.63, 3.8) is 0 Å². The summed E-state index contributed by atoms with van der Waals surface area (Å²) in [6, 6.07) is 43.5. The van der Waals surface area contributed by atoms with Gasteiger partial charge in [0.2, 0.25) is 0 Å². The van der Waals surface area contributed by atoms with E-state index in [1.165, 1.54) is 26.4 Å². The van der Waals surface area contributed by atoms with E-state index in [1.54, 1.807) is 41.7 Å². The second-order valence-corrected chi connectivity index (χ2v) is 11.7. The van der Waals surface area contributed by atoms with Gasteiger partial charge in [0.1, 0.15) is 6.61 Å². The number of benzene rings is 6. The molecule has 6 rings (SSSR count). The van der Waals surface area contributed by atoms with Gasteiger partial charge in [0.15, 0.2) is 0 Å². The number of fused-ring (bicyclic) bond motifs is 2. The second kappa shape index (κ2) is 11.9. The highest BCUT2D eigenvalue weighted by Crippen LogP contribution is 2.38. The summed E-state index contributed by atoms with van der Waals surface area (Å²) in [6.45, 7) is 3.96. The van der Waals surface area contributed by atoms with Crippen LogP contribution in [0, 0.1) is 0 Å². The first-order valence-electron chi connectivity index (χ1n) is 13.0. The Bertz CT molecular complexity index is 1840. The van der Waals surface area contributed by atoms with Crippen LogP contribution in [0.3, 0.4) is 0 Å². The molecule has 0 aliphatic rings. The number of carbonyl (C=O) groups is 1. The van der Waals surface area contributed by atoms with Gasteiger partial charge in [-0.25, -0.2) is 4.79 Å². The molecule has 6 aromatic rings. The smallest absolute Gasteiger partial charge is 0.338 e. The molecule has 0 saturated heterocycles. The van der Waals surface area contributed by atoms with E-state index < -0.39 is 0 Å². The van der Waals surface area contributed by atoms with Gasteiger partial charge in [0.05, 0.1) is 5.56 Å². The SMILES string of the molecule is C=Cc1ccc(C(=O)OCc2ccc(Sc3ccc4ccccc4c3)cc2Sc2ccc3ccccc3c2)cc1. The molecule has 0 heterocycles. The van der Waals surface area contributed by atoms with Gasteiger partial charge >= 0.3 is 5.97 Å². The summed E-state index contributed by atoms with van der Waals surface area (Å²) in [5.41, 5.74) is 2.46. The summed E-state index contributed by atoms with van der Waals surface area (Å²) in [7, 11) is 0. The van der Waals surface area contributed by atoms with Crippen LogP contribution in [-0.2, 0) is 11.3 Å². The highest BCUT2D eigenvalue weighted by atomic mass is 32.2. The zero-order chi connectivity index (χ0) is 27.3. The van der Waals surface area contributed by atoms with Crippen molar-refractivity contribution in [1.82, 2.24) is 0 Å². The summed E-state index contributed by atoms with van der Waals surface area (Å²) in [4.78, 5) is 17.3. The van der Waals surface area contributed by atoms with Crippen molar-refractivity contribution in [3.05, 3.63) is 151 Å². The molecular formula is C36H26O2S2. The lowest BCUT2D eigenvalue weighted by Crippen LogP contribution is -2.06. The molecule has 0 fully saturated rings. The third kappa shape index (κ3) is 5.99. The predicted octanol–water partition coefficient (Wildman–Crippen LogP) is 10.3. The normalized spacial score (nSPS) is 11.0. The number of hydrogen-bond acceptors (Lipinski definition) is 4. The lowest BCUT2D eigenvalue weighted by molar-refractivity contribution is 0.0469. The molecule has 0 amide bonds. The number of rotatable bonds is 8. The molecule has 0 N–H and O–H groups in total. The van der Waals surface area contributed by atoms with Gasteiger partial charge in [0.25, 0.3) is 0 Å². The van der Waals surface area contributed by atoms with Gasteiger partial charge in [-0.3, -0.25) is 0 Å². The maximum atomic E-state index is 12.8. The standard InChI is InChI=1S/C36H26O2S2/c1-2-25-11-13-28(14-12-25)36(37)38-24-31-17-20-34(39-32-18-15-26-7-3-5-9-29(26)21-32)23-35(31)40-33-19-16-27-8-4-6-10-30(27)22-33/h2-23H,1,24H2. The van der Waals surface area contributed by atoms with Crippen LogP contribution in [0.5, 0.6) is 0 Å². The molecule has 6 aromatic carbocycles. The first kappa shape index (κ1) is 26.0. The third-order valence-electron chi connectivity index (χ3n) is 6.68. The van der Waals surface area contributed by atoms with Crippen molar-refractivity contribution in [3.8, 4) is 0 Å². The van der Waals surface area contributed by atoms with Crippen molar-refractivity contribution in [2.24, 2.45) is 0 Å². The Morgan fingerprint density at radius 1 is 0.625 bits per heavy atom. The van der Waals surface area contributed by atoms with Gasteiger partial charge in [0, 0.05) is 25.1 Å². The van der Waals surface area contributed by atoms with Crippen LogP contribution in [0.2, 0.25) is 0 Å². The number of hydrogen-bond donors (Lipinski definition) is 0. The Morgan fingerprint density at radius 3 is 1.80 bits per heavy atom. The van der Waals surface area contributed by atoms with Crippen molar-refractivity contribution in [2.45, 2.75) is 26.2 Å². The van der Waals surface area contributed by atoms with E-state index in [0.717, 1.165) is 25.8 Å². The Hall–Kier alpha value is -4.25. The second-order valence-electron chi connectivity index (χ2n) is 9.39. The van der Waals surface area contributed by atoms with Crippen LogP contribution in [0.4, 0.5) is 0 Å². The monoisotopic (exact) mass is 554 g/mol. The number of esters is 1. The fourth-order valence-electron chi connectivity index (χ4n) is 4.52. The Morgan fingerprint density at radius 2 is 1.18 bits per heavy atom. The number of ether oxygens (including phenoxy) is 1. The van der Waals surface area contributed by atoms with Gasteiger partial charge in [-0.15, -0.1) is 0 Å². The largest absolute Gasteiger partial charge is 0.457 e. The molecule has 0 unspecified atom stereocenters. The first-order valence-corrected chi connectivity index (χ1v) is 14.6. The van der Waals surface area contributed by atoms with E-state index in [-0.39, 0.29) is 12.6 Å². The summed E-state index contributed by atoms with van der Waals surface area (Å²) < 4.78 is 5.76. The quantitative estimate of drug-likeness (QED) is 0.175. The summed E-state index contributed by atoms with van der Waals surface area (Å²) in [6.07, 6.45) is 1.75. The Balaban J connectivity index is 1.28. The molecule has 194 valence electrons. The van der Waals surface area contributed by atoms with E-state index >= 15 is 0 Å². The topological polar surface area (TPSA) is 26.3 Å². The zero-order valence-electron chi connectivity index (χ0n) is 21.7. The Labute approximate surface area is 242 Å². The van der Waals surface area contributed by atoms with Crippen LogP contribution < -0.4 is 0 Å². The van der Waals surface area contributed by atoms with Crippen LogP contribution in [0.15, 0.2) is 154 Å². The average molecular weight is 555 g/mol. The zero-order valence-corrected chi connectivity index (χ0v) is 23.4. The van der Waals surface area contributed by atoms with E-state index in [9.17, 15) is 4.79 Å².